The molecule has 0 aliphatic heterocycles. The van der Waals surface area contributed by atoms with Gasteiger partial charge in [0.25, 0.3) is 5.91 Å². The van der Waals surface area contributed by atoms with Crippen molar-refractivity contribution in [3.8, 4) is 5.75 Å². The van der Waals surface area contributed by atoms with Gasteiger partial charge in [-0.15, -0.1) is 0 Å². The van der Waals surface area contributed by atoms with Crippen molar-refractivity contribution in [3.63, 3.8) is 0 Å². The average Bonchev–Trinajstić information content (AvgIpc) is 2.65. The zero-order chi connectivity index (χ0) is 20.7. The van der Waals surface area contributed by atoms with E-state index in [0.717, 1.165) is 14.7 Å². The summed E-state index contributed by atoms with van der Waals surface area (Å²) in [6.45, 7) is 7.79. The second kappa shape index (κ2) is 10.5. The van der Waals surface area contributed by atoms with Crippen LogP contribution in [-0.4, -0.2) is 35.4 Å². The smallest absolute Gasteiger partial charge is 0.261 e. The van der Waals surface area contributed by atoms with Crippen molar-refractivity contribution in [2.24, 2.45) is 0 Å². The maximum Gasteiger partial charge on any atom is 0.261 e. The molecule has 0 saturated carbocycles. The van der Waals surface area contributed by atoms with Crippen LogP contribution in [0.2, 0.25) is 0 Å². The average molecular weight is 494 g/mol. The number of carbonyl (C=O) groups is 2. The fourth-order valence-corrected chi connectivity index (χ4v) is 3.08. The van der Waals surface area contributed by atoms with Crippen LogP contribution < -0.4 is 10.1 Å². The Morgan fingerprint density at radius 1 is 1.07 bits per heavy atom. The third-order valence-electron chi connectivity index (χ3n) is 4.38. The molecule has 0 bridgehead atoms. The number of hydrogen-bond acceptors (Lipinski definition) is 3. The first kappa shape index (κ1) is 22.2. The van der Waals surface area contributed by atoms with E-state index < -0.39 is 6.04 Å². The Labute approximate surface area is 180 Å². The zero-order valence-corrected chi connectivity index (χ0v) is 18.9. The monoisotopic (exact) mass is 494 g/mol. The van der Waals surface area contributed by atoms with E-state index in [4.69, 9.17) is 4.74 Å². The summed E-state index contributed by atoms with van der Waals surface area (Å²) in [6, 6.07) is 14.8. The van der Waals surface area contributed by atoms with Crippen LogP contribution in [0.4, 0.5) is 0 Å². The number of ether oxygens (including phenoxy) is 1. The molecule has 0 heterocycles. The van der Waals surface area contributed by atoms with E-state index in [9.17, 15) is 9.59 Å². The molecule has 1 N–H and O–H groups in total. The molecule has 6 heteroatoms. The van der Waals surface area contributed by atoms with E-state index in [1.54, 1.807) is 11.8 Å². The van der Waals surface area contributed by atoms with Crippen molar-refractivity contribution >= 4 is 34.4 Å². The number of aryl methyl sites for hydroxylation is 1. The third-order valence-corrected chi connectivity index (χ3v) is 5.10. The van der Waals surface area contributed by atoms with Gasteiger partial charge >= 0.3 is 0 Å². The Bertz CT molecular complexity index is 806. The van der Waals surface area contributed by atoms with E-state index in [0.29, 0.717) is 12.3 Å². The summed E-state index contributed by atoms with van der Waals surface area (Å²) in [5.41, 5.74) is 2.09. The highest BCUT2D eigenvalue weighted by molar-refractivity contribution is 14.1. The summed E-state index contributed by atoms with van der Waals surface area (Å²) in [6.07, 6.45) is 0. The summed E-state index contributed by atoms with van der Waals surface area (Å²) in [5.74, 6) is 0.225. The molecule has 0 fully saturated rings. The summed E-state index contributed by atoms with van der Waals surface area (Å²) in [5, 5.41) is 2.88. The van der Waals surface area contributed by atoms with Gasteiger partial charge in [0.1, 0.15) is 11.8 Å². The van der Waals surface area contributed by atoms with E-state index in [1.807, 2.05) is 69.3 Å². The van der Waals surface area contributed by atoms with Crippen molar-refractivity contribution in [2.45, 2.75) is 46.3 Å². The van der Waals surface area contributed by atoms with Crippen LogP contribution in [0, 0.1) is 10.5 Å². The SMILES string of the molecule is Cc1ccccc1CN(C(=O)COc1ccc(I)cc1)C(C)C(=O)NC(C)C. The highest BCUT2D eigenvalue weighted by atomic mass is 127. The van der Waals surface area contributed by atoms with Gasteiger partial charge in [-0.25, -0.2) is 0 Å². The normalized spacial score (nSPS) is 11.8. The van der Waals surface area contributed by atoms with Gasteiger partial charge in [-0.3, -0.25) is 9.59 Å². The molecule has 0 aliphatic rings. The number of halogens is 1. The van der Waals surface area contributed by atoms with E-state index in [2.05, 4.69) is 27.9 Å². The zero-order valence-electron chi connectivity index (χ0n) is 16.7. The van der Waals surface area contributed by atoms with Gasteiger partial charge in [0.05, 0.1) is 0 Å². The lowest BCUT2D eigenvalue weighted by atomic mass is 10.1. The fourth-order valence-electron chi connectivity index (χ4n) is 2.72. The van der Waals surface area contributed by atoms with Crippen LogP contribution in [0.5, 0.6) is 5.75 Å². The summed E-state index contributed by atoms with van der Waals surface area (Å²) in [7, 11) is 0. The molecule has 150 valence electrons. The maximum atomic E-state index is 13.0. The first-order valence-corrected chi connectivity index (χ1v) is 10.4. The Morgan fingerprint density at radius 3 is 2.32 bits per heavy atom. The predicted molar refractivity (Wildman–Crippen MR) is 119 cm³/mol. The second-order valence-electron chi connectivity index (χ2n) is 7.03. The quantitative estimate of drug-likeness (QED) is 0.567. The Balaban J connectivity index is 2.15. The Kier molecular flexibility index (Phi) is 8.29. The molecule has 0 radical (unpaired) electrons. The van der Waals surface area contributed by atoms with E-state index in [-0.39, 0.29) is 24.5 Å². The molecule has 5 nitrogen and oxygen atoms in total. The topological polar surface area (TPSA) is 58.6 Å². The van der Waals surface area contributed by atoms with Crippen LogP contribution in [0.25, 0.3) is 0 Å². The molecular formula is C22H27IN2O3. The lowest BCUT2D eigenvalue weighted by Crippen LogP contribution is -2.50. The Morgan fingerprint density at radius 2 is 1.71 bits per heavy atom. The van der Waals surface area contributed by atoms with Crippen LogP contribution in [-0.2, 0) is 16.1 Å². The van der Waals surface area contributed by atoms with Crippen molar-refractivity contribution in [3.05, 3.63) is 63.2 Å². The lowest BCUT2D eigenvalue weighted by molar-refractivity contribution is -0.142. The highest BCUT2D eigenvalue weighted by Gasteiger charge is 2.27. The number of amides is 2. The van der Waals surface area contributed by atoms with Gasteiger partial charge in [-0.2, -0.15) is 0 Å². The standard InChI is InChI=1S/C22H27IN2O3/c1-15(2)24-22(27)17(4)25(13-18-8-6-5-7-16(18)3)21(26)14-28-20-11-9-19(23)10-12-20/h5-12,15,17H,13-14H2,1-4H3,(H,24,27). The number of carbonyl (C=O) groups excluding carboxylic acids is 2. The number of nitrogens with one attached hydrogen (secondary N) is 1. The van der Waals surface area contributed by atoms with Gasteiger partial charge in [0.15, 0.2) is 6.61 Å². The molecule has 28 heavy (non-hydrogen) atoms. The first-order valence-electron chi connectivity index (χ1n) is 9.30. The van der Waals surface area contributed by atoms with Crippen LogP contribution >= 0.6 is 22.6 Å². The minimum Gasteiger partial charge on any atom is -0.484 e. The largest absolute Gasteiger partial charge is 0.484 e. The molecule has 2 amide bonds. The van der Waals surface area contributed by atoms with Crippen molar-refractivity contribution in [1.29, 1.82) is 0 Å². The maximum absolute atomic E-state index is 13.0. The highest BCUT2D eigenvalue weighted by Crippen LogP contribution is 2.16. The number of benzene rings is 2. The summed E-state index contributed by atoms with van der Waals surface area (Å²) in [4.78, 5) is 27.1. The van der Waals surface area contributed by atoms with Crippen molar-refractivity contribution in [1.82, 2.24) is 10.2 Å². The van der Waals surface area contributed by atoms with Crippen molar-refractivity contribution < 1.29 is 14.3 Å². The van der Waals surface area contributed by atoms with E-state index in [1.165, 1.54) is 0 Å². The van der Waals surface area contributed by atoms with Gasteiger partial charge in [-0.05, 0) is 85.7 Å². The molecular weight excluding hydrogens is 467 g/mol. The lowest BCUT2D eigenvalue weighted by Gasteiger charge is -2.29. The van der Waals surface area contributed by atoms with Crippen LogP contribution in [0.15, 0.2) is 48.5 Å². The number of nitrogens with zero attached hydrogens (tertiary/aromatic N) is 1. The molecule has 0 aliphatic carbocycles. The first-order chi connectivity index (χ1) is 13.3. The molecule has 0 spiro atoms. The summed E-state index contributed by atoms with van der Waals surface area (Å²) < 4.78 is 6.75. The number of rotatable bonds is 8. The molecule has 1 unspecified atom stereocenters. The summed E-state index contributed by atoms with van der Waals surface area (Å²) >= 11 is 2.21. The minimum absolute atomic E-state index is 0.00778. The molecule has 2 rings (SSSR count). The van der Waals surface area contributed by atoms with E-state index >= 15 is 0 Å². The van der Waals surface area contributed by atoms with Gasteiger partial charge in [0, 0.05) is 16.2 Å². The van der Waals surface area contributed by atoms with Crippen molar-refractivity contribution in [2.75, 3.05) is 6.61 Å². The minimum atomic E-state index is -0.602. The molecule has 2 aromatic carbocycles. The van der Waals surface area contributed by atoms with Gasteiger partial charge in [0.2, 0.25) is 5.91 Å². The molecule has 2 aromatic rings. The predicted octanol–water partition coefficient (Wildman–Crippen LogP) is 3.92. The van der Waals surface area contributed by atoms with Crippen LogP contribution in [0.1, 0.15) is 31.9 Å². The van der Waals surface area contributed by atoms with Gasteiger partial charge < -0.3 is 15.0 Å². The Hall–Kier alpha value is -2.09. The molecule has 1 atom stereocenters. The molecule has 0 aromatic heterocycles. The number of hydrogen-bond donors (Lipinski definition) is 1. The second-order valence-corrected chi connectivity index (χ2v) is 8.28. The third kappa shape index (κ3) is 6.51. The molecule has 0 saturated heterocycles. The van der Waals surface area contributed by atoms with Crippen LogP contribution in [0.3, 0.4) is 0 Å². The van der Waals surface area contributed by atoms with Gasteiger partial charge in [-0.1, -0.05) is 24.3 Å². The fraction of sp³-hybridized carbons (Fsp3) is 0.364.